The van der Waals surface area contributed by atoms with Crippen molar-refractivity contribution in [3.63, 3.8) is 0 Å². The van der Waals surface area contributed by atoms with Gasteiger partial charge < -0.3 is 10.3 Å². The molecule has 2 heterocycles. The van der Waals surface area contributed by atoms with Gasteiger partial charge in [-0.3, -0.25) is 9.78 Å². The van der Waals surface area contributed by atoms with Gasteiger partial charge in [0, 0.05) is 24.2 Å². The zero-order valence-corrected chi connectivity index (χ0v) is 10.6. The van der Waals surface area contributed by atoms with Crippen LogP contribution in [0.4, 0.5) is 4.39 Å². The van der Waals surface area contributed by atoms with Gasteiger partial charge in [0.1, 0.15) is 5.82 Å². The van der Waals surface area contributed by atoms with Crippen molar-refractivity contribution in [2.75, 3.05) is 0 Å². The van der Waals surface area contributed by atoms with Crippen LogP contribution in [0, 0.1) is 5.82 Å². The van der Waals surface area contributed by atoms with Crippen LogP contribution in [0.1, 0.15) is 31.7 Å². The summed E-state index contributed by atoms with van der Waals surface area (Å²) in [6.07, 6.45) is 4.69. The van der Waals surface area contributed by atoms with Crippen molar-refractivity contribution in [3.05, 3.63) is 40.6 Å². The van der Waals surface area contributed by atoms with E-state index in [0.717, 1.165) is 25.7 Å². The molecule has 4 nitrogen and oxygen atoms in total. The van der Waals surface area contributed by atoms with Crippen molar-refractivity contribution < 1.29 is 4.39 Å². The van der Waals surface area contributed by atoms with Gasteiger partial charge in [-0.2, -0.15) is 0 Å². The number of pyridine rings is 2. The van der Waals surface area contributed by atoms with Gasteiger partial charge in [-0.05, 0) is 31.7 Å². The Morgan fingerprint density at radius 1 is 1.26 bits per heavy atom. The molecule has 0 atom stereocenters. The number of aromatic nitrogens is 2. The zero-order valence-electron chi connectivity index (χ0n) is 10.6. The minimum absolute atomic E-state index is 0.0969. The maximum atomic E-state index is 13.4. The van der Waals surface area contributed by atoms with Crippen LogP contribution in [0.5, 0.6) is 0 Å². The lowest BCUT2D eigenvalue weighted by molar-refractivity contribution is 0.324. The molecule has 0 radical (unpaired) electrons. The minimum Gasteiger partial charge on any atom is -0.328 e. The molecule has 2 aromatic heterocycles. The summed E-state index contributed by atoms with van der Waals surface area (Å²) in [6, 6.07) is 4.85. The number of hydrogen-bond acceptors (Lipinski definition) is 3. The molecular weight excluding hydrogens is 245 g/mol. The fourth-order valence-electron chi connectivity index (χ4n) is 2.85. The monoisotopic (exact) mass is 261 g/mol. The van der Waals surface area contributed by atoms with Crippen molar-refractivity contribution >= 4 is 11.0 Å². The standard InChI is InChI=1S/C14H16FN3O/c15-9-7-13-12(17-8-9)5-6-14(19)18(13)11-3-1-10(16)2-4-11/h5-8,10-11H,1-4,16H2/t10-,11-. The Hall–Kier alpha value is -1.75. The molecule has 2 N–H and O–H groups in total. The van der Waals surface area contributed by atoms with Crippen LogP contribution in [-0.4, -0.2) is 15.6 Å². The van der Waals surface area contributed by atoms with Crippen LogP contribution in [0.25, 0.3) is 11.0 Å². The van der Waals surface area contributed by atoms with E-state index in [0.29, 0.717) is 11.0 Å². The van der Waals surface area contributed by atoms with Gasteiger partial charge >= 0.3 is 0 Å². The predicted molar refractivity (Wildman–Crippen MR) is 71.4 cm³/mol. The summed E-state index contributed by atoms with van der Waals surface area (Å²) >= 11 is 0. The number of fused-ring (bicyclic) bond motifs is 1. The van der Waals surface area contributed by atoms with E-state index < -0.39 is 5.82 Å². The summed E-state index contributed by atoms with van der Waals surface area (Å²) in [5.41, 5.74) is 7.02. The number of nitrogens with zero attached hydrogens (tertiary/aromatic N) is 2. The molecule has 19 heavy (non-hydrogen) atoms. The highest BCUT2D eigenvalue weighted by molar-refractivity contribution is 5.74. The average molecular weight is 261 g/mol. The lowest BCUT2D eigenvalue weighted by atomic mass is 9.91. The van der Waals surface area contributed by atoms with Crippen molar-refractivity contribution in [2.45, 2.75) is 37.8 Å². The Morgan fingerprint density at radius 2 is 2.00 bits per heavy atom. The molecule has 1 fully saturated rings. The van der Waals surface area contributed by atoms with E-state index in [-0.39, 0.29) is 17.6 Å². The first-order chi connectivity index (χ1) is 9.15. The van der Waals surface area contributed by atoms with E-state index >= 15 is 0 Å². The maximum absolute atomic E-state index is 13.4. The zero-order chi connectivity index (χ0) is 13.4. The Balaban J connectivity index is 2.13. The number of nitrogens with two attached hydrogens (primary N) is 1. The van der Waals surface area contributed by atoms with E-state index in [1.54, 1.807) is 10.6 Å². The minimum atomic E-state index is -0.417. The number of hydrogen-bond donors (Lipinski definition) is 1. The Kier molecular flexibility index (Phi) is 3.06. The van der Waals surface area contributed by atoms with E-state index in [2.05, 4.69) is 4.98 Å². The van der Waals surface area contributed by atoms with Gasteiger partial charge in [-0.1, -0.05) is 0 Å². The second-order valence-corrected chi connectivity index (χ2v) is 5.17. The van der Waals surface area contributed by atoms with E-state index in [9.17, 15) is 9.18 Å². The van der Waals surface area contributed by atoms with Crippen molar-refractivity contribution in [1.82, 2.24) is 9.55 Å². The highest BCUT2D eigenvalue weighted by Gasteiger charge is 2.22. The molecule has 0 amide bonds. The van der Waals surface area contributed by atoms with Crippen molar-refractivity contribution in [2.24, 2.45) is 5.73 Å². The summed E-state index contributed by atoms with van der Waals surface area (Å²) < 4.78 is 15.1. The molecule has 100 valence electrons. The SMILES string of the molecule is N[C@H]1CC[C@H](n2c(=O)ccc3ncc(F)cc32)CC1. The van der Waals surface area contributed by atoms with E-state index in [1.807, 2.05) is 0 Å². The molecule has 2 aromatic rings. The highest BCUT2D eigenvalue weighted by Crippen LogP contribution is 2.28. The van der Waals surface area contributed by atoms with Crippen LogP contribution < -0.4 is 11.3 Å². The average Bonchev–Trinajstić information content (AvgIpc) is 2.40. The molecule has 0 aliphatic heterocycles. The third kappa shape index (κ3) is 2.26. The molecular formula is C14H16FN3O. The third-order valence-corrected chi connectivity index (χ3v) is 3.85. The lowest BCUT2D eigenvalue weighted by Crippen LogP contribution is -2.32. The van der Waals surface area contributed by atoms with Crippen molar-refractivity contribution in [3.8, 4) is 0 Å². The quantitative estimate of drug-likeness (QED) is 0.853. The topological polar surface area (TPSA) is 60.9 Å². The predicted octanol–water partition coefficient (Wildman–Crippen LogP) is 1.98. The number of rotatable bonds is 1. The molecule has 1 saturated carbocycles. The fourth-order valence-corrected chi connectivity index (χ4v) is 2.85. The van der Waals surface area contributed by atoms with E-state index in [1.165, 1.54) is 18.3 Å². The van der Waals surface area contributed by atoms with Gasteiger partial charge in [-0.25, -0.2) is 4.39 Å². The smallest absolute Gasteiger partial charge is 0.251 e. The first kappa shape index (κ1) is 12.3. The Morgan fingerprint density at radius 3 is 2.74 bits per heavy atom. The summed E-state index contributed by atoms with van der Waals surface area (Å²) in [4.78, 5) is 16.1. The van der Waals surface area contributed by atoms with Crippen LogP contribution >= 0.6 is 0 Å². The summed E-state index contributed by atoms with van der Waals surface area (Å²) in [7, 11) is 0. The molecule has 0 saturated heterocycles. The molecule has 0 spiro atoms. The van der Waals surface area contributed by atoms with Gasteiger partial charge in [-0.15, -0.1) is 0 Å². The maximum Gasteiger partial charge on any atom is 0.251 e. The largest absolute Gasteiger partial charge is 0.328 e. The van der Waals surface area contributed by atoms with E-state index in [4.69, 9.17) is 5.73 Å². The number of halogens is 1. The molecule has 1 aliphatic rings. The lowest BCUT2D eigenvalue weighted by Gasteiger charge is -2.28. The molecule has 0 aromatic carbocycles. The second-order valence-electron chi connectivity index (χ2n) is 5.17. The van der Waals surface area contributed by atoms with Crippen LogP contribution in [0.2, 0.25) is 0 Å². The van der Waals surface area contributed by atoms with Crippen molar-refractivity contribution in [1.29, 1.82) is 0 Å². The Labute approximate surface area is 110 Å². The summed E-state index contributed by atoms with van der Waals surface area (Å²) in [6.45, 7) is 0. The highest BCUT2D eigenvalue weighted by atomic mass is 19.1. The summed E-state index contributed by atoms with van der Waals surface area (Å²) in [5, 5.41) is 0. The van der Waals surface area contributed by atoms with Crippen LogP contribution in [0.15, 0.2) is 29.2 Å². The van der Waals surface area contributed by atoms with Gasteiger partial charge in [0.2, 0.25) is 0 Å². The summed E-state index contributed by atoms with van der Waals surface area (Å²) in [5.74, 6) is -0.417. The third-order valence-electron chi connectivity index (χ3n) is 3.85. The normalized spacial score (nSPS) is 23.7. The molecule has 3 rings (SSSR count). The Bertz CT molecular complexity index is 659. The molecule has 5 heteroatoms. The van der Waals surface area contributed by atoms with Gasteiger partial charge in [0.15, 0.2) is 0 Å². The molecule has 1 aliphatic carbocycles. The molecule has 0 bridgehead atoms. The first-order valence-electron chi connectivity index (χ1n) is 6.57. The fraction of sp³-hybridized carbons (Fsp3) is 0.429. The second kappa shape index (κ2) is 4.74. The first-order valence-corrected chi connectivity index (χ1v) is 6.57. The van der Waals surface area contributed by atoms with Crippen LogP contribution in [0.3, 0.4) is 0 Å². The van der Waals surface area contributed by atoms with Crippen LogP contribution in [-0.2, 0) is 0 Å². The van der Waals surface area contributed by atoms with Gasteiger partial charge in [0.25, 0.3) is 5.56 Å². The van der Waals surface area contributed by atoms with Gasteiger partial charge in [0.05, 0.1) is 17.2 Å². The molecule has 0 unspecified atom stereocenters.